The Bertz CT molecular complexity index is 523. The molecule has 0 radical (unpaired) electrons. The van der Waals surface area contributed by atoms with Crippen LogP contribution in [0.1, 0.15) is 0 Å². The largest absolute Gasteiger partial charge is 0.287 e. The zero-order valence-corrected chi connectivity index (χ0v) is 7.10. The highest BCUT2D eigenvalue weighted by Crippen LogP contribution is 2.18. The summed E-state index contributed by atoms with van der Waals surface area (Å²) in [6.45, 7) is 0. The number of H-pyrrole nitrogens is 1. The van der Waals surface area contributed by atoms with Gasteiger partial charge in [-0.3, -0.25) is 9.89 Å². The topological polar surface area (TPSA) is 45.8 Å². The van der Waals surface area contributed by atoms with Crippen molar-refractivity contribution < 1.29 is 4.39 Å². The molecule has 5 heteroatoms. The molecule has 3 nitrogen and oxygen atoms in total. The van der Waals surface area contributed by atoms with Gasteiger partial charge in [-0.2, -0.15) is 5.10 Å². The first kappa shape index (κ1) is 8.19. The maximum Gasteiger partial charge on any atom is 0.208 e. The number of nitrogens with one attached hydrogen (secondary N) is 1. The second-order valence-electron chi connectivity index (χ2n) is 2.55. The zero-order chi connectivity index (χ0) is 9.42. The standard InChI is InChI=1S/C8H4ClFN2O/c9-5-2-7-4(1-6(5)10)8(13)3-11-12-7/h1-3H,(H,12,13). The first-order valence-corrected chi connectivity index (χ1v) is 3.89. The van der Waals surface area contributed by atoms with Crippen molar-refractivity contribution >= 4 is 22.5 Å². The van der Waals surface area contributed by atoms with Crippen molar-refractivity contribution in [3.63, 3.8) is 0 Å². The van der Waals surface area contributed by atoms with E-state index in [0.717, 1.165) is 12.3 Å². The Labute approximate surface area is 77.2 Å². The van der Waals surface area contributed by atoms with Crippen LogP contribution < -0.4 is 5.43 Å². The molecule has 1 aromatic heterocycles. The zero-order valence-electron chi connectivity index (χ0n) is 6.34. The third-order valence-electron chi connectivity index (χ3n) is 1.69. The maximum absolute atomic E-state index is 12.9. The van der Waals surface area contributed by atoms with Gasteiger partial charge in [0.15, 0.2) is 0 Å². The number of rotatable bonds is 0. The van der Waals surface area contributed by atoms with E-state index in [9.17, 15) is 9.18 Å². The average molecular weight is 199 g/mol. The second-order valence-corrected chi connectivity index (χ2v) is 2.95. The third-order valence-corrected chi connectivity index (χ3v) is 1.98. The van der Waals surface area contributed by atoms with Crippen molar-refractivity contribution in [2.75, 3.05) is 0 Å². The van der Waals surface area contributed by atoms with Gasteiger partial charge in [0.2, 0.25) is 5.43 Å². The number of aromatic amines is 1. The lowest BCUT2D eigenvalue weighted by molar-refractivity contribution is 0.630. The Kier molecular flexibility index (Phi) is 1.77. The monoisotopic (exact) mass is 198 g/mol. The van der Waals surface area contributed by atoms with Crippen molar-refractivity contribution in [2.45, 2.75) is 0 Å². The normalized spacial score (nSPS) is 10.6. The van der Waals surface area contributed by atoms with Crippen molar-refractivity contribution in [3.05, 3.63) is 39.4 Å². The number of halogens is 2. The highest BCUT2D eigenvalue weighted by atomic mass is 35.5. The Morgan fingerprint density at radius 1 is 1.46 bits per heavy atom. The maximum atomic E-state index is 12.9. The van der Waals surface area contributed by atoms with Gasteiger partial charge in [0.05, 0.1) is 22.1 Å². The molecule has 1 heterocycles. The number of hydrogen-bond acceptors (Lipinski definition) is 2. The molecule has 0 aliphatic carbocycles. The summed E-state index contributed by atoms with van der Waals surface area (Å²) in [7, 11) is 0. The van der Waals surface area contributed by atoms with Gasteiger partial charge in [-0.25, -0.2) is 4.39 Å². The third kappa shape index (κ3) is 1.29. The molecule has 0 fully saturated rings. The van der Waals surface area contributed by atoms with Crippen molar-refractivity contribution in [1.29, 1.82) is 0 Å². The second kappa shape index (κ2) is 2.81. The number of hydrogen-bond donors (Lipinski definition) is 1. The first-order valence-electron chi connectivity index (χ1n) is 3.51. The molecular weight excluding hydrogens is 195 g/mol. The molecule has 0 amide bonds. The predicted molar refractivity (Wildman–Crippen MR) is 47.3 cm³/mol. The number of aromatic nitrogens is 2. The Hall–Kier alpha value is -1.42. The summed E-state index contributed by atoms with van der Waals surface area (Å²) in [5, 5.41) is 6.34. The van der Waals surface area contributed by atoms with Gasteiger partial charge in [-0.05, 0) is 12.1 Å². The van der Waals surface area contributed by atoms with Gasteiger partial charge >= 0.3 is 0 Å². The van der Waals surface area contributed by atoms with Gasteiger partial charge in [0.25, 0.3) is 0 Å². The molecule has 0 bridgehead atoms. The summed E-state index contributed by atoms with van der Waals surface area (Å²) in [5.74, 6) is -0.606. The lowest BCUT2D eigenvalue weighted by Crippen LogP contribution is -2.03. The molecule has 2 rings (SSSR count). The molecule has 0 saturated carbocycles. The Morgan fingerprint density at radius 2 is 2.23 bits per heavy atom. The van der Waals surface area contributed by atoms with Crippen LogP contribution in [0.4, 0.5) is 4.39 Å². The molecule has 0 aliphatic heterocycles. The Morgan fingerprint density at radius 3 is 3.00 bits per heavy atom. The van der Waals surface area contributed by atoms with E-state index >= 15 is 0 Å². The SMILES string of the molecule is O=c1cn[nH]c2cc(Cl)c(F)cc12. The lowest BCUT2D eigenvalue weighted by atomic mass is 10.2. The minimum absolute atomic E-state index is 0.0313. The Balaban J connectivity index is 2.97. The van der Waals surface area contributed by atoms with Crippen LogP contribution in [0.2, 0.25) is 5.02 Å². The van der Waals surface area contributed by atoms with Gasteiger partial charge in [-0.15, -0.1) is 0 Å². The van der Waals surface area contributed by atoms with E-state index in [1.807, 2.05) is 0 Å². The van der Waals surface area contributed by atoms with E-state index in [2.05, 4.69) is 10.2 Å². The fourth-order valence-electron chi connectivity index (χ4n) is 1.07. The van der Waals surface area contributed by atoms with Gasteiger partial charge in [0, 0.05) is 0 Å². The quantitative estimate of drug-likeness (QED) is 0.701. The molecule has 0 unspecified atom stereocenters. The summed E-state index contributed by atoms with van der Waals surface area (Å²) in [4.78, 5) is 11.1. The molecule has 1 aromatic carbocycles. The van der Waals surface area contributed by atoms with Crippen LogP contribution >= 0.6 is 11.6 Å². The number of nitrogens with zero attached hydrogens (tertiary/aromatic N) is 1. The fourth-order valence-corrected chi connectivity index (χ4v) is 1.24. The van der Waals surface area contributed by atoms with Crippen LogP contribution in [-0.2, 0) is 0 Å². The summed E-state index contributed by atoms with van der Waals surface area (Å²) < 4.78 is 12.9. The van der Waals surface area contributed by atoms with Gasteiger partial charge in [0.1, 0.15) is 5.82 Å². The van der Waals surface area contributed by atoms with E-state index in [4.69, 9.17) is 11.6 Å². The van der Waals surface area contributed by atoms with E-state index in [1.54, 1.807) is 0 Å². The van der Waals surface area contributed by atoms with E-state index < -0.39 is 5.82 Å². The lowest BCUT2D eigenvalue weighted by Gasteiger charge is -1.97. The molecule has 2 aromatic rings. The van der Waals surface area contributed by atoms with Crippen LogP contribution in [0, 0.1) is 5.82 Å². The van der Waals surface area contributed by atoms with Crippen LogP contribution in [-0.4, -0.2) is 10.2 Å². The molecule has 13 heavy (non-hydrogen) atoms. The fraction of sp³-hybridized carbons (Fsp3) is 0. The number of fused-ring (bicyclic) bond motifs is 1. The molecule has 0 atom stereocenters. The van der Waals surface area contributed by atoms with E-state index in [0.29, 0.717) is 5.52 Å². The van der Waals surface area contributed by atoms with Crippen molar-refractivity contribution in [3.8, 4) is 0 Å². The highest BCUT2D eigenvalue weighted by Gasteiger charge is 2.04. The molecule has 0 aliphatic rings. The number of benzene rings is 1. The summed E-state index contributed by atoms with van der Waals surface area (Å²) in [6.07, 6.45) is 1.09. The first-order chi connectivity index (χ1) is 6.18. The smallest absolute Gasteiger partial charge is 0.208 e. The molecular formula is C8H4ClFN2O. The summed E-state index contributed by atoms with van der Waals surface area (Å²) in [5.41, 5.74) is 0.100. The van der Waals surface area contributed by atoms with Crippen molar-refractivity contribution in [2.24, 2.45) is 0 Å². The van der Waals surface area contributed by atoms with Gasteiger partial charge < -0.3 is 0 Å². The van der Waals surface area contributed by atoms with Crippen LogP contribution in [0.15, 0.2) is 23.1 Å². The van der Waals surface area contributed by atoms with Crippen LogP contribution in [0.5, 0.6) is 0 Å². The van der Waals surface area contributed by atoms with Gasteiger partial charge in [-0.1, -0.05) is 11.6 Å². The summed E-state index contributed by atoms with van der Waals surface area (Å²) in [6, 6.07) is 2.43. The summed E-state index contributed by atoms with van der Waals surface area (Å²) >= 11 is 5.52. The average Bonchev–Trinajstić information content (AvgIpc) is 2.09. The highest BCUT2D eigenvalue weighted by molar-refractivity contribution is 6.31. The molecule has 66 valence electrons. The van der Waals surface area contributed by atoms with Crippen molar-refractivity contribution in [1.82, 2.24) is 10.2 Å². The minimum Gasteiger partial charge on any atom is -0.287 e. The molecule has 1 N–H and O–H groups in total. The van der Waals surface area contributed by atoms with Crippen LogP contribution in [0.3, 0.4) is 0 Å². The molecule has 0 spiro atoms. The van der Waals surface area contributed by atoms with E-state index in [-0.39, 0.29) is 15.8 Å². The predicted octanol–water partition coefficient (Wildman–Crippen LogP) is 1.72. The molecule has 0 saturated heterocycles. The minimum atomic E-state index is -0.606. The van der Waals surface area contributed by atoms with E-state index in [1.165, 1.54) is 6.07 Å². The van der Waals surface area contributed by atoms with Crippen LogP contribution in [0.25, 0.3) is 10.9 Å².